The van der Waals surface area contributed by atoms with Crippen LogP contribution in [0.25, 0.3) is 0 Å². The van der Waals surface area contributed by atoms with Crippen molar-refractivity contribution in [1.29, 1.82) is 0 Å². The lowest BCUT2D eigenvalue weighted by atomic mass is 10.2. The molecule has 6 N–H and O–H groups in total. The Morgan fingerprint density at radius 1 is 1.52 bits per heavy atom. The zero-order chi connectivity index (χ0) is 17.6. The minimum absolute atomic E-state index is 0.0263. The number of carbonyl (C=O) groups excluding carboxylic acids is 2. The number of nitrogen functional groups attached to an aromatic ring is 1. The highest BCUT2D eigenvalue weighted by atomic mass is 16.6. The van der Waals surface area contributed by atoms with Gasteiger partial charge in [0.15, 0.2) is 0 Å². The fourth-order valence-corrected chi connectivity index (χ4v) is 1.59. The molecule has 126 valence electrons. The molecule has 0 aliphatic carbocycles. The molecule has 0 aliphatic heterocycles. The predicted octanol–water partition coefficient (Wildman–Crippen LogP) is -0.450. The van der Waals surface area contributed by atoms with Gasteiger partial charge in [0.2, 0.25) is 17.6 Å². The fourth-order valence-electron chi connectivity index (χ4n) is 1.59. The van der Waals surface area contributed by atoms with Gasteiger partial charge in [0.1, 0.15) is 18.5 Å². The standard InChI is InChI=1S/C11H16N6O6/c1-5(10(18)14-4-22-2)15-6-3-7(23-11(13)19)16-9(12)8(6)17(20)21/h3,5H,4H2,1-2H3,(H2,13,19)(H,14,18)(H3,12,15,16)/t5-/m0/s1. The maximum absolute atomic E-state index is 11.8. The second-order valence-electron chi connectivity index (χ2n) is 4.26. The van der Waals surface area contributed by atoms with Gasteiger partial charge in [0.05, 0.1) is 4.92 Å². The SMILES string of the molecule is COCNC(=O)[C@H](C)Nc1cc(OC(N)=O)nc(N)c1[N+](=O)[O-]. The summed E-state index contributed by atoms with van der Waals surface area (Å²) in [5.41, 5.74) is 9.62. The van der Waals surface area contributed by atoms with E-state index in [2.05, 4.69) is 25.1 Å². The van der Waals surface area contributed by atoms with Crippen LogP contribution in [-0.2, 0) is 9.53 Å². The van der Waals surface area contributed by atoms with E-state index in [4.69, 9.17) is 11.5 Å². The van der Waals surface area contributed by atoms with Crippen LogP contribution >= 0.6 is 0 Å². The Kier molecular flexibility index (Phi) is 6.03. The van der Waals surface area contributed by atoms with Gasteiger partial charge >= 0.3 is 11.8 Å². The number of nitro groups is 1. The summed E-state index contributed by atoms with van der Waals surface area (Å²) in [6.45, 7) is 1.43. The number of methoxy groups -OCH3 is 1. The molecule has 0 saturated heterocycles. The van der Waals surface area contributed by atoms with Crippen molar-refractivity contribution in [2.75, 3.05) is 24.9 Å². The molecule has 1 aromatic rings. The first-order chi connectivity index (χ1) is 10.8. The average Bonchev–Trinajstić information content (AvgIpc) is 2.42. The van der Waals surface area contributed by atoms with E-state index >= 15 is 0 Å². The number of pyridine rings is 1. The normalized spacial score (nSPS) is 11.4. The Hall–Kier alpha value is -3.15. The quantitative estimate of drug-likeness (QED) is 0.292. The van der Waals surface area contributed by atoms with Crippen LogP contribution in [0.15, 0.2) is 6.07 Å². The zero-order valence-corrected chi connectivity index (χ0v) is 12.4. The number of anilines is 2. The molecule has 1 heterocycles. The summed E-state index contributed by atoms with van der Waals surface area (Å²) in [7, 11) is 1.39. The maximum Gasteiger partial charge on any atom is 0.411 e. The lowest BCUT2D eigenvalue weighted by molar-refractivity contribution is -0.383. The van der Waals surface area contributed by atoms with Crippen molar-refractivity contribution in [3.8, 4) is 5.88 Å². The molecule has 0 unspecified atom stereocenters. The van der Waals surface area contributed by atoms with Gasteiger partial charge in [-0.3, -0.25) is 14.9 Å². The number of primary amides is 1. The summed E-state index contributed by atoms with van der Waals surface area (Å²) in [4.78, 5) is 36.4. The highest BCUT2D eigenvalue weighted by molar-refractivity contribution is 5.86. The number of amides is 2. The Morgan fingerprint density at radius 2 is 2.17 bits per heavy atom. The highest BCUT2D eigenvalue weighted by Gasteiger charge is 2.25. The van der Waals surface area contributed by atoms with Gasteiger partial charge in [-0.2, -0.15) is 4.98 Å². The number of ether oxygens (including phenoxy) is 2. The number of hydrogen-bond acceptors (Lipinski definition) is 9. The minimum Gasteiger partial charge on any atom is -0.391 e. The first-order valence-electron chi connectivity index (χ1n) is 6.21. The van der Waals surface area contributed by atoms with E-state index in [0.29, 0.717) is 0 Å². The number of rotatable bonds is 7. The van der Waals surface area contributed by atoms with Gasteiger partial charge in [-0.15, -0.1) is 0 Å². The Labute approximate surface area is 130 Å². The molecule has 23 heavy (non-hydrogen) atoms. The Morgan fingerprint density at radius 3 is 2.70 bits per heavy atom. The molecular formula is C11H16N6O6. The van der Waals surface area contributed by atoms with Crippen molar-refractivity contribution in [3.05, 3.63) is 16.2 Å². The number of carbonyl (C=O) groups is 2. The predicted molar refractivity (Wildman–Crippen MR) is 78.6 cm³/mol. The molecular weight excluding hydrogens is 312 g/mol. The van der Waals surface area contributed by atoms with Crippen molar-refractivity contribution in [1.82, 2.24) is 10.3 Å². The van der Waals surface area contributed by atoms with E-state index in [-0.39, 0.29) is 18.3 Å². The summed E-state index contributed by atoms with van der Waals surface area (Å²) < 4.78 is 9.23. The summed E-state index contributed by atoms with van der Waals surface area (Å²) >= 11 is 0. The zero-order valence-electron chi connectivity index (χ0n) is 12.4. The largest absolute Gasteiger partial charge is 0.411 e. The van der Waals surface area contributed by atoms with E-state index in [1.54, 1.807) is 0 Å². The van der Waals surface area contributed by atoms with Crippen molar-refractivity contribution in [3.63, 3.8) is 0 Å². The van der Waals surface area contributed by atoms with Crippen LogP contribution in [0.5, 0.6) is 5.88 Å². The lowest BCUT2D eigenvalue weighted by Gasteiger charge is -2.16. The number of hydrogen-bond donors (Lipinski definition) is 4. The monoisotopic (exact) mass is 328 g/mol. The third kappa shape index (κ3) is 4.96. The van der Waals surface area contributed by atoms with E-state index in [0.717, 1.165) is 6.07 Å². The molecule has 0 radical (unpaired) electrons. The molecule has 0 bridgehead atoms. The molecule has 1 atom stereocenters. The van der Waals surface area contributed by atoms with E-state index in [9.17, 15) is 19.7 Å². The molecule has 0 spiro atoms. The van der Waals surface area contributed by atoms with Crippen LogP contribution in [0.1, 0.15) is 6.92 Å². The molecule has 2 amide bonds. The molecule has 0 aliphatic rings. The molecule has 12 heteroatoms. The number of nitrogens with one attached hydrogen (secondary N) is 2. The van der Waals surface area contributed by atoms with Gasteiger partial charge in [-0.05, 0) is 6.92 Å². The van der Waals surface area contributed by atoms with Gasteiger partial charge in [-0.25, -0.2) is 4.79 Å². The van der Waals surface area contributed by atoms with Crippen LogP contribution in [0.3, 0.4) is 0 Å². The topological polar surface area (TPSA) is 185 Å². The van der Waals surface area contributed by atoms with E-state index in [1.165, 1.54) is 14.0 Å². The molecule has 1 rings (SSSR count). The van der Waals surface area contributed by atoms with Crippen LogP contribution in [0, 0.1) is 10.1 Å². The Balaban J connectivity index is 3.10. The third-order valence-corrected chi connectivity index (χ3v) is 2.54. The first-order valence-corrected chi connectivity index (χ1v) is 6.21. The van der Waals surface area contributed by atoms with E-state index < -0.39 is 34.5 Å². The summed E-state index contributed by atoms with van der Waals surface area (Å²) in [6.07, 6.45) is -1.16. The van der Waals surface area contributed by atoms with Gasteiger partial charge < -0.3 is 31.6 Å². The first kappa shape index (κ1) is 17.9. The number of aromatic nitrogens is 1. The van der Waals surface area contributed by atoms with Crippen molar-refractivity contribution in [2.24, 2.45) is 5.73 Å². The maximum atomic E-state index is 11.8. The van der Waals surface area contributed by atoms with Crippen molar-refractivity contribution < 1.29 is 24.0 Å². The third-order valence-electron chi connectivity index (χ3n) is 2.54. The lowest BCUT2D eigenvalue weighted by Crippen LogP contribution is -2.38. The summed E-state index contributed by atoms with van der Waals surface area (Å²) in [6, 6.07) is 0.173. The highest BCUT2D eigenvalue weighted by Crippen LogP contribution is 2.33. The van der Waals surface area contributed by atoms with Gasteiger partial charge in [0.25, 0.3) is 0 Å². The van der Waals surface area contributed by atoms with Crippen molar-refractivity contribution >= 4 is 29.2 Å². The molecule has 1 aromatic heterocycles. The van der Waals surface area contributed by atoms with Crippen LogP contribution in [0.2, 0.25) is 0 Å². The summed E-state index contributed by atoms with van der Waals surface area (Å²) in [5.74, 6) is -1.32. The molecule has 0 saturated carbocycles. The van der Waals surface area contributed by atoms with Crippen molar-refractivity contribution in [2.45, 2.75) is 13.0 Å². The molecule has 12 nitrogen and oxygen atoms in total. The van der Waals surface area contributed by atoms with E-state index in [1.807, 2.05) is 0 Å². The summed E-state index contributed by atoms with van der Waals surface area (Å²) in [5, 5.41) is 16.1. The van der Waals surface area contributed by atoms with Gasteiger partial charge in [0, 0.05) is 13.2 Å². The van der Waals surface area contributed by atoms with Crippen LogP contribution in [0.4, 0.5) is 22.0 Å². The second-order valence-corrected chi connectivity index (χ2v) is 4.26. The van der Waals surface area contributed by atoms with Crippen LogP contribution < -0.4 is 26.8 Å². The minimum atomic E-state index is -1.16. The molecule has 0 aromatic carbocycles. The van der Waals surface area contributed by atoms with Crippen LogP contribution in [-0.4, -0.2) is 41.8 Å². The fraction of sp³-hybridized carbons (Fsp3) is 0.364. The number of nitrogens with two attached hydrogens (primary N) is 2. The smallest absolute Gasteiger partial charge is 0.391 e. The average molecular weight is 328 g/mol. The molecule has 0 fully saturated rings. The number of nitrogens with zero attached hydrogens (tertiary/aromatic N) is 2. The second kappa shape index (κ2) is 7.74. The van der Waals surface area contributed by atoms with Gasteiger partial charge in [-0.1, -0.05) is 0 Å². The Bertz CT molecular complexity index is 621.